The molecule has 0 atom stereocenters. The van der Waals surface area contributed by atoms with E-state index in [0.717, 1.165) is 5.69 Å². The molecule has 0 aliphatic heterocycles. The Hall–Kier alpha value is -4.99. The molecule has 0 spiro atoms. The number of amides is 4. The molecule has 4 aromatic rings. The van der Waals surface area contributed by atoms with Gasteiger partial charge in [0.2, 0.25) is 0 Å². The first kappa shape index (κ1) is 38.5. The zero-order chi connectivity index (χ0) is 35.0. The molecule has 262 valence electrons. The number of nitrogens with one attached hydrogen (secondary N) is 5. The molecular weight excluding hydrogens is 697 g/mol. The third kappa shape index (κ3) is 10.0. The maximum absolute atomic E-state index is 13.2. The molecule has 0 fully saturated rings. The summed E-state index contributed by atoms with van der Waals surface area (Å²) in [6, 6.07) is 11.6. The van der Waals surface area contributed by atoms with E-state index in [1.807, 2.05) is 17.0 Å². The maximum Gasteiger partial charge on any atom is 0.273 e. The van der Waals surface area contributed by atoms with Gasteiger partial charge in [-0.1, -0.05) is 0 Å². The third-order valence-corrected chi connectivity index (χ3v) is 7.57. The number of aromatic nitrogens is 4. The van der Waals surface area contributed by atoms with Gasteiger partial charge >= 0.3 is 0 Å². The topological polar surface area (TPSA) is 197 Å². The van der Waals surface area contributed by atoms with Crippen molar-refractivity contribution in [3.8, 4) is 0 Å². The molecule has 1 aromatic carbocycles. The summed E-state index contributed by atoms with van der Waals surface area (Å²) in [6.07, 6.45) is 3.41. The first-order chi connectivity index (χ1) is 22.9. The molecule has 0 aliphatic rings. The Labute approximate surface area is 299 Å². The number of halogens is 3. The van der Waals surface area contributed by atoms with Crippen LogP contribution in [-0.4, -0.2) is 79.8 Å². The van der Waals surface area contributed by atoms with Crippen LogP contribution in [0.4, 0.5) is 22.9 Å². The summed E-state index contributed by atoms with van der Waals surface area (Å²) >= 11 is 11.8. The van der Waals surface area contributed by atoms with Crippen LogP contribution in [0.2, 0.25) is 0 Å². The fourth-order valence-electron chi connectivity index (χ4n) is 4.84. The molecule has 4 rings (SSSR count). The van der Waals surface area contributed by atoms with Crippen molar-refractivity contribution in [2.75, 3.05) is 52.2 Å². The van der Waals surface area contributed by atoms with E-state index in [2.05, 4.69) is 26.4 Å². The number of carbonyl (C=O) groups is 4. The Morgan fingerprint density at radius 2 is 1.33 bits per heavy atom. The summed E-state index contributed by atoms with van der Waals surface area (Å²) in [5, 5.41) is 22.3. The van der Waals surface area contributed by atoms with E-state index in [-0.39, 0.29) is 60.0 Å². The van der Waals surface area contributed by atoms with E-state index >= 15 is 0 Å². The van der Waals surface area contributed by atoms with Gasteiger partial charge in [0.25, 0.3) is 23.6 Å². The van der Waals surface area contributed by atoms with E-state index in [1.54, 1.807) is 56.3 Å². The minimum absolute atomic E-state index is 0. The number of anilines is 4. The van der Waals surface area contributed by atoms with Gasteiger partial charge < -0.3 is 41.0 Å². The number of carbonyl (C=O) groups excluding carboxylic acids is 4. The van der Waals surface area contributed by atoms with E-state index in [4.69, 9.17) is 34.3 Å². The van der Waals surface area contributed by atoms with Crippen molar-refractivity contribution in [3.05, 3.63) is 77.5 Å². The highest BCUT2D eigenvalue weighted by Gasteiger charge is 2.20. The molecule has 7 N–H and O–H groups in total. The molecule has 0 saturated carbocycles. The highest BCUT2D eigenvalue weighted by Crippen LogP contribution is 2.21. The van der Waals surface area contributed by atoms with Gasteiger partial charge in [-0.25, -0.2) is 0 Å². The van der Waals surface area contributed by atoms with Gasteiger partial charge in [0.15, 0.2) is 5.82 Å². The zero-order valence-electron chi connectivity index (χ0n) is 27.0. The summed E-state index contributed by atoms with van der Waals surface area (Å²) in [5.41, 5.74) is 8.16. The smallest absolute Gasteiger partial charge is 0.273 e. The van der Waals surface area contributed by atoms with E-state index in [0.29, 0.717) is 41.8 Å². The first-order valence-electron chi connectivity index (χ1n) is 14.8. The highest BCUT2D eigenvalue weighted by molar-refractivity contribution is 6.18. The SMILES string of the molecule is Cl.Cn1cc(NC(=O)c2ccc(N(CCCl)CCCl)cc2)cc1C(=O)Nc1cc(C(=O)Nc2cc(C(=O)NCCC(=N)N)n(C)n2)n(C)c1. The van der Waals surface area contributed by atoms with Crippen LogP contribution in [0.1, 0.15) is 48.2 Å². The van der Waals surface area contributed by atoms with E-state index < -0.39 is 17.7 Å². The molecule has 3 aromatic heterocycles. The van der Waals surface area contributed by atoms with Gasteiger partial charge in [0.05, 0.1) is 17.2 Å². The molecule has 18 heteroatoms. The lowest BCUT2D eigenvalue weighted by Crippen LogP contribution is -2.29. The maximum atomic E-state index is 13.2. The van der Waals surface area contributed by atoms with Gasteiger partial charge in [-0.2, -0.15) is 5.10 Å². The van der Waals surface area contributed by atoms with Crippen LogP contribution in [0.15, 0.2) is 54.9 Å². The van der Waals surface area contributed by atoms with Crippen molar-refractivity contribution in [2.45, 2.75) is 6.42 Å². The number of hydrogen-bond donors (Lipinski definition) is 6. The minimum atomic E-state index is -0.512. The molecule has 4 amide bonds. The van der Waals surface area contributed by atoms with Crippen LogP contribution in [0.5, 0.6) is 0 Å². The standard InChI is InChI=1S/C31H37Cl2N11O4.ClH/c1-41-17-20(37-28(45)19-4-6-22(7-5-19)44(12-9-32)13-10-33)14-23(41)30(47)38-21-15-24(42(2)18-21)31(48)39-27-16-25(43(3)40-27)29(46)36-11-8-26(34)35;/h4-7,14-18H,8-13H2,1-3H3,(H3,34,35)(H,36,46)(H,37,45)(H,38,47)(H,39,40,48);1H. The molecule has 0 aliphatic carbocycles. The van der Waals surface area contributed by atoms with Gasteiger partial charge in [-0.3, -0.25) is 29.3 Å². The number of amidine groups is 1. The van der Waals surface area contributed by atoms with Crippen molar-refractivity contribution < 1.29 is 19.2 Å². The quantitative estimate of drug-likeness (QED) is 0.0609. The Kier molecular flexibility index (Phi) is 13.7. The number of nitrogens with two attached hydrogens (primary N) is 1. The number of hydrogen-bond acceptors (Lipinski definition) is 7. The Balaban J connectivity index is 0.00000650. The van der Waals surface area contributed by atoms with Crippen LogP contribution >= 0.6 is 35.6 Å². The van der Waals surface area contributed by atoms with Crippen LogP contribution in [0, 0.1) is 5.41 Å². The molecular formula is C31H38Cl3N11O4. The number of nitrogens with zero attached hydrogens (tertiary/aromatic N) is 5. The van der Waals surface area contributed by atoms with Crippen LogP contribution < -0.4 is 31.9 Å². The first-order valence-corrected chi connectivity index (χ1v) is 15.9. The van der Waals surface area contributed by atoms with Gasteiger partial charge in [-0.15, -0.1) is 35.6 Å². The van der Waals surface area contributed by atoms with Gasteiger partial charge in [0.1, 0.15) is 17.1 Å². The second-order valence-corrected chi connectivity index (χ2v) is 11.5. The van der Waals surface area contributed by atoms with Crippen LogP contribution in [-0.2, 0) is 21.1 Å². The zero-order valence-corrected chi connectivity index (χ0v) is 29.4. The van der Waals surface area contributed by atoms with E-state index in [9.17, 15) is 19.2 Å². The second kappa shape index (κ2) is 17.4. The van der Waals surface area contributed by atoms with Crippen molar-refractivity contribution in [2.24, 2.45) is 26.9 Å². The normalized spacial score (nSPS) is 10.6. The van der Waals surface area contributed by atoms with Crippen LogP contribution in [0.25, 0.3) is 0 Å². The summed E-state index contributed by atoms with van der Waals surface area (Å²) in [6.45, 7) is 1.45. The van der Waals surface area contributed by atoms with Crippen molar-refractivity contribution in [1.29, 1.82) is 5.41 Å². The summed E-state index contributed by atoms with van der Waals surface area (Å²) < 4.78 is 4.44. The minimum Gasteiger partial charge on any atom is -0.388 e. The Bertz CT molecular complexity index is 1810. The number of alkyl halides is 2. The Morgan fingerprint density at radius 3 is 1.86 bits per heavy atom. The summed E-state index contributed by atoms with van der Waals surface area (Å²) in [5.74, 6) is -0.730. The molecule has 0 bridgehead atoms. The third-order valence-electron chi connectivity index (χ3n) is 7.23. The molecule has 0 saturated heterocycles. The lowest BCUT2D eigenvalue weighted by molar-refractivity contribution is 0.0943. The van der Waals surface area contributed by atoms with Crippen molar-refractivity contribution in [1.82, 2.24) is 24.2 Å². The largest absolute Gasteiger partial charge is 0.388 e. The number of aryl methyl sites for hydroxylation is 3. The molecule has 49 heavy (non-hydrogen) atoms. The van der Waals surface area contributed by atoms with Crippen molar-refractivity contribution in [3.63, 3.8) is 0 Å². The number of rotatable bonds is 15. The molecule has 0 unspecified atom stereocenters. The monoisotopic (exact) mass is 733 g/mol. The fraction of sp³-hybridized carbons (Fsp3) is 0.290. The number of benzene rings is 1. The predicted molar refractivity (Wildman–Crippen MR) is 194 cm³/mol. The predicted octanol–water partition coefficient (Wildman–Crippen LogP) is 3.62. The summed E-state index contributed by atoms with van der Waals surface area (Å²) in [4.78, 5) is 53.6. The lowest BCUT2D eigenvalue weighted by atomic mass is 10.1. The average molecular weight is 735 g/mol. The molecule has 0 radical (unpaired) electrons. The van der Waals surface area contributed by atoms with Gasteiger partial charge in [-0.05, 0) is 36.4 Å². The van der Waals surface area contributed by atoms with Gasteiger partial charge in [0, 0.05) is 88.7 Å². The highest BCUT2D eigenvalue weighted by atomic mass is 35.5. The van der Waals surface area contributed by atoms with E-state index in [1.165, 1.54) is 21.4 Å². The fourth-order valence-corrected chi connectivity index (χ4v) is 5.24. The Morgan fingerprint density at radius 1 is 0.796 bits per heavy atom. The lowest BCUT2D eigenvalue weighted by Gasteiger charge is -2.22. The molecule has 15 nitrogen and oxygen atoms in total. The molecule has 3 heterocycles. The second-order valence-electron chi connectivity index (χ2n) is 10.8. The van der Waals surface area contributed by atoms with Crippen LogP contribution in [0.3, 0.4) is 0 Å². The summed E-state index contributed by atoms with van der Waals surface area (Å²) in [7, 11) is 4.88. The average Bonchev–Trinajstić information content (AvgIpc) is 3.71. The van der Waals surface area contributed by atoms with Crippen molar-refractivity contribution >= 4 is 88.0 Å².